The van der Waals surface area contributed by atoms with Gasteiger partial charge in [-0.1, -0.05) is 42.5 Å². The van der Waals surface area contributed by atoms with Crippen LogP contribution in [0.4, 0.5) is 14.5 Å². The van der Waals surface area contributed by atoms with E-state index >= 15 is 0 Å². The van der Waals surface area contributed by atoms with Gasteiger partial charge in [-0.3, -0.25) is 5.32 Å². The highest BCUT2D eigenvalue weighted by Crippen LogP contribution is 2.30. The molecule has 0 spiro atoms. The molecule has 4 N–H and O–H groups in total. The van der Waals surface area contributed by atoms with E-state index in [4.69, 9.17) is 5.73 Å². The first-order valence-corrected chi connectivity index (χ1v) is 10.1. The lowest BCUT2D eigenvalue weighted by Gasteiger charge is -2.26. The number of hydrogen-bond donors (Lipinski definition) is 3. The van der Waals surface area contributed by atoms with E-state index in [1.807, 2.05) is 55.5 Å². The van der Waals surface area contributed by atoms with E-state index in [2.05, 4.69) is 16.7 Å². The van der Waals surface area contributed by atoms with E-state index < -0.39 is 11.6 Å². The van der Waals surface area contributed by atoms with Crippen LogP contribution in [0.5, 0.6) is 0 Å². The largest absolute Gasteiger partial charge is 0.401 e. The van der Waals surface area contributed by atoms with Crippen LogP contribution in [0.15, 0.2) is 84.2 Å². The number of anilines is 1. The summed E-state index contributed by atoms with van der Waals surface area (Å²) in [4.78, 5) is 0. The number of nitrogens with one attached hydrogen (secondary N) is 2. The first-order chi connectivity index (χ1) is 14.5. The van der Waals surface area contributed by atoms with Crippen LogP contribution < -0.4 is 16.4 Å². The highest BCUT2D eigenvalue weighted by Gasteiger charge is 2.20. The van der Waals surface area contributed by atoms with Crippen molar-refractivity contribution in [1.29, 1.82) is 0 Å². The Hall–Kier alpha value is -3.18. The first kappa shape index (κ1) is 20.1. The quantitative estimate of drug-likeness (QED) is 0.467. The first-order valence-electron chi connectivity index (χ1n) is 10.1. The molecule has 30 heavy (non-hydrogen) atoms. The summed E-state index contributed by atoms with van der Waals surface area (Å²) >= 11 is 0. The van der Waals surface area contributed by atoms with E-state index in [0.717, 1.165) is 47.1 Å². The van der Waals surface area contributed by atoms with Crippen molar-refractivity contribution in [3.8, 4) is 0 Å². The molecule has 3 aromatic rings. The highest BCUT2D eigenvalue weighted by atomic mass is 19.1. The van der Waals surface area contributed by atoms with Gasteiger partial charge in [0.15, 0.2) is 0 Å². The van der Waals surface area contributed by atoms with E-state index in [1.54, 1.807) is 0 Å². The van der Waals surface area contributed by atoms with Crippen molar-refractivity contribution >= 4 is 5.69 Å². The maximum atomic E-state index is 13.7. The summed E-state index contributed by atoms with van der Waals surface area (Å²) in [5, 5.41) is 6.94. The van der Waals surface area contributed by atoms with Gasteiger partial charge in [0, 0.05) is 29.2 Å². The van der Waals surface area contributed by atoms with Crippen molar-refractivity contribution in [2.75, 3.05) is 5.32 Å². The number of hydrogen-bond acceptors (Lipinski definition) is 3. The van der Waals surface area contributed by atoms with Crippen molar-refractivity contribution in [1.82, 2.24) is 5.32 Å². The molecule has 2 unspecified atom stereocenters. The van der Waals surface area contributed by atoms with Crippen LogP contribution in [0.25, 0.3) is 0 Å². The Labute approximate surface area is 175 Å². The predicted molar refractivity (Wildman–Crippen MR) is 117 cm³/mol. The topological polar surface area (TPSA) is 50.1 Å². The van der Waals surface area contributed by atoms with Crippen molar-refractivity contribution in [3.05, 3.63) is 113 Å². The number of allylic oxidation sites excluding steroid dienone is 2. The average Bonchev–Trinajstić information content (AvgIpc) is 2.74. The Morgan fingerprint density at radius 2 is 1.50 bits per heavy atom. The molecule has 0 heterocycles. The van der Waals surface area contributed by atoms with Crippen LogP contribution in [-0.4, -0.2) is 0 Å². The second kappa shape index (κ2) is 8.67. The van der Waals surface area contributed by atoms with Gasteiger partial charge in [-0.05, 0) is 60.7 Å². The molecule has 0 bridgehead atoms. The van der Waals surface area contributed by atoms with Crippen LogP contribution in [0.3, 0.4) is 0 Å². The van der Waals surface area contributed by atoms with Crippen LogP contribution in [0.2, 0.25) is 0 Å². The molecule has 4 rings (SSSR count). The molecule has 154 valence electrons. The van der Waals surface area contributed by atoms with Gasteiger partial charge < -0.3 is 11.1 Å². The second-order valence-electron chi connectivity index (χ2n) is 7.69. The monoisotopic (exact) mass is 405 g/mol. The second-order valence-corrected chi connectivity index (χ2v) is 7.69. The van der Waals surface area contributed by atoms with E-state index in [0.29, 0.717) is 5.56 Å². The summed E-state index contributed by atoms with van der Waals surface area (Å²) in [6.07, 6.45) is 1.89. The molecule has 0 radical (unpaired) electrons. The summed E-state index contributed by atoms with van der Waals surface area (Å²) in [6.45, 7) is 1.91. The minimum atomic E-state index is -0.576. The minimum Gasteiger partial charge on any atom is -0.401 e. The molecule has 1 aliphatic rings. The summed E-state index contributed by atoms with van der Waals surface area (Å²) in [7, 11) is 0. The lowest BCUT2D eigenvalue weighted by atomic mass is 9.95. The Bertz CT molecular complexity index is 1040. The Morgan fingerprint density at radius 3 is 2.13 bits per heavy atom. The minimum absolute atomic E-state index is 0.151. The van der Waals surface area contributed by atoms with Crippen molar-refractivity contribution in [3.63, 3.8) is 0 Å². The fraction of sp³-hybridized carbons (Fsp3) is 0.200. The molecular formula is C25H25F2N3. The molecule has 5 heteroatoms. The normalized spacial score (nSPS) is 15.4. The number of halogens is 2. The van der Waals surface area contributed by atoms with Gasteiger partial charge in [0.1, 0.15) is 11.6 Å². The zero-order valence-corrected chi connectivity index (χ0v) is 16.8. The highest BCUT2D eigenvalue weighted by molar-refractivity contribution is 5.53. The third-order valence-corrected chi connectivity index (χ3v) is 5.48. The van der Waals surface area contributed by atoms with Crippen LogP contribution in [-0.2, 0) is 0 Å². The van der Waals surface area contributed by atoms with E-state index in [9.17, 15) is 8.78 Å². The van der Waals surface area contributed by atoms with E-state index in [-0.39, 0.29) is 12.1 Å². The maximum absolute atomic E-state index is 13.7. The summed E-state index contributed by atoms with van der Waals surface area (Å²) in [6, 6.07) is 21.4. The van der Waals surface area contributed by atoms with Gasteiger partial charge in [0.05, 0.1) is 6.04 Å². The molecule has 0 saturated carbocycles. The maximum Gasteiger partial charge on any atom is 0.126 e. The van der Waals surface area contributed by atoms with Crippen LogP contribution >= 0.6 is 0 Å². The molecule has 0 saturated heterocycles. The zero-order chi connectivity index (χ0) is 21.1. The fourth-order valence-corrected chi connectivity index (χ4v) is 3.71. The molecule has 1 aliphatic carbocycles. The predicted octanol–water partition coefficient (Wildman–Crippen LogP) is 5.78. The molecule has 0 fully saturated rings. The molecule has 3 nitrogen and oxygen atoms in total. The lowest BCUT2D eigenvalue weighted by Crippen LogP contribution is -2.26. The third kappa shape index (κ3) is 4.52. The number of nitrogens with two attached hydrogens (primary N) is 1. The molecular weight excluding hydrogens is 380 g/mol. The molecule has 0 amide bonds. The zero-order valence-electron chi connectivity index (χ0n) is 16.8. The Morgan fingerprint density at radius 1 is 0.800 bits per heavy atom. The number of rotatable bonds is 7. The lowest BCUT2D eigenvalue weighted by molar-refractivity contribution is 0.506. The molecule has 0 aromatic heterocycles. The van der Waals surface area contributed by atoms with Crippen LogP contribution in [0.1, 0.15) is 48.5 Å². The van der Waals surface area contributed by atoms with Crippen molar-refractivity contribution < 1.29 is 8.78 Å². The standard InChI is InChI=1S/C25H25F2N3/c1-16(19-12-20(26)15-21(27)13-19)29-25(17-6-3-2-4-7-17)18-8-5-9-22(14-18)30-24-11-10-23(24)28/h2-9,12-16,25,29-30H,10-11,28H2,1H3. The summed E-state index contributed by atoms with van der Waals surface area (Å²) in [5.41, 5.74) is 11.6. The third-order valence-electron chi connectivity index (χ3n) is 5.48. The SMILES string of the molecule is CC(NC(c1ccccc1)c1cccc(NC2=C(N)CC2)c1)c1cc(F)cc(F)c1. The van der Waals surface area contributed by atoms with Gasteiger partial charge in [0.25, 0.3) is 0 Å². The van der Waals surface area contributed by atoms with Crippen LogP contribution in [0, 0.1) is 11.6 Å². The molecule has 2 atom stereocenters. The number of benzene rings is 3. The smallest absolute Gasteiger partial charge is 0.126 e. The van der Waals surface area contributed by atoms with Gasteiger partial charge in [-0.2, -0.15) is 0 Å². The summed E-state index contributed by atoms with van der Waals surface area (Å²) < 4.78 is 27.5. The summed E-state index contributed by atoms with van der Waals surface area (Å²) in [5.74, 6) is -1.15. The molecule has 3 aromatic carbocycles. The fourth-order valence-electron chi connectivity index (χ4n) is 3.71. The van der Waals surface area contributed by atoms with Gasteiger partial charge in [-0.15, -0.1) is 0 Å². The van der Waals surface area contributed by atoms with Crippen molar-refractivity contribution in [2.24, 2.45) is 5.73 Å². The Kier molecular flexibility index (Phi) is 5.81. The molecule has 0 aliphatic heterocycles. The van der Waals surface area contributed by atoms with Crippen molar-refractivity contribution in [2.45, 2.75) is 31.8 Å². The Balaban J connectivity index is 1.64. The van der Waals surface area contributed by atoms with Gasteiger partial charge in [0.2, 0.25) is 0 Å². The van der Waals surface area contributed by atoms with E-state index in [1.165, 1.54) is 12.1 Å². The van der Waals surface area contributed by atoms with Gasteiger partial charge in [-0.25, -0.2) is 8.78 Å². The average molecular weight is 405 g/mol. The van der Waals surface area contributed by atoms with Gasteiger partial charge >= 0.3 is 0 Å².